The third-order valence-corrected chi connectivity index (χ3v) is 8.96. The molecule has 0 unspecified atom stereocenters. The van der Waals surface area contributed by atoms with Crippen molar-refractivity contribution in [1.82, 2.24) is 0 Å². The van der Waals surface area contributed by atoms with Crippen LogP contribution in [0, 0.1) is 11.3 Å². The molecule has 0 saturated carbocycles. The number of thiophene rings is 1. The number of amides is 1. The van der Waals surface area contributed by atoms with Crippen LogP contribution in [0.15, 0.2) is 77.8 Å². The molecule has 0 fully saturated rings. The van der Waals surface area contributed by atoms with E-state index in [4.69, 9.17) is 32.9 Å². The Morgan fingerprint density at radius 1 is 1.05 bits per heavy atom. The van der Waals surface area contributed by atoms with Gasteiger partial charge in [0.2, 0.25) is 0 Å². The van der Waals surface area contributed by atoms with Crippen molar-refractivity contribution in [2.45, 2.75) is 46.6 Å². The number of hydrogen-bond donors (Lipinski definition) is 1. The molecule has 0 saturated heterocycles. The molecular formula is C33H32Cl2N2O2S. The van der Waals surface area contributed by atoms with Gasteiger partial charge in [-0.1, -0.05) is 56.1 Å². The maximum Gasteiger partial charge on any atom is 0.259 e. The van der Waals surface area contributed by atoms with Gasteiger partial charge in [-0.15, -0.1) is 11.3 Å². The highest BCUT2D eigenvalue weighted by molar-refractivity contribution is 7.16. The van der Waals surface area contributed by atoms with Crippen molar-refractivity contribution in [3.63, 3.8) is 0 Å². The highest BCUT2D eigenvalue weighted by Gasteiger charge is 2.33. The van der Waals surface area contributed by atoms with Crippen LogP contribution in [0.1, 0.15) is 59.1 Å². The molecule has 206 valence electrons. The maximum absolute atomic E-state index is 13.6. The second-order valence-corrected chi connectivity index (χ2v) is 13.2. The molecule has 4 aromatic rings. The summed E-state index contributed by atoms with van der Waals surface area (Å²) in [5.74, 6) is 1.20. The second kappa shape index (κ2) is 12.2. The minimum atomic E-state index is -0.133. The summed E-state index contributed by atoms with van der Waals surface area (Å²) in [7, 11) is 0. The van der Waals surface area contributed by atoms with Gasteiger partial charge in [0.1, 0.15) is 17.4 Å². The van der Waals surface area contributed by atoms with Gasteiger partial charge >= 0.3 is 0 Å². The molecule has 4 nitrogen and oxygen atoms in total. The van der Waals surface area contributed by atoms with Gasteiger partial charge in [-0.25, -0.2) is 4.99 Å². The number of nitrogens with one attached hydrogen (secondary N) is 1. The topological polar surface area (TPSA) is 50.7 Å². The first-order valence-electron chi connectivity index (χ1n) is 13.4. The van der Waals surface area contributed by atoms with Crippen molar-refractivity contribution in [3.05, 3.63) is 110 Å². The standard InChI is InChI=1S/C33H32Cl2N2O2S/c1-33(2,3)23-9-16-28-29(18-23)40-32(30(28)31(38)37-26-12-10-24(34)11-13-26)36-19-21-7-14-27(15-8-21)39-20-22-5-4-6-25(35)17-22/h4-8,10-15,17,19,23H,9,16,18,20H2,1-3H3,(H,37,38)/t23-/m1/s1. The average Bonchev–Trinajstić information content (AvgIpc) is 3.30. The van der Waals surface area contributed by atoms with Crippen LogP contribution >= 0.6 is 34.5 Å². The lowest BCUT2D eigenvalue weighted by molar-refractivity contribution is 0.102. The third-order valence-electron chi connectivity index (χ3n) is 7.31. The van der Waals surface area contributed by atoms with E-state index in [1.807, 2.05) is 66.9 Å². The monoisotopic (exact) mass is 590 g/mol. The van der Waals surface area contributed by atoms with Gasteiger partial charge in [-0.2, -0.15) is 0 Å². The summed E-state index contributed by atoms with van der Waals surface area (Å²) in [6.45, 7) is 7.33. The lowest BCUT2D eigenvalue weighted by atomic mass is 9.72. The van der Waals surface area contributed by atoms with Crippen LogP contribution in [0.25, 0.3) is 0 Å². The number of carbonyl (C=O) groups excluding carboxylic acids is 1. The summed E-state index contributed by atoms with van der Waals surface area (Å²) >= 11 is 13.7. The van der Waals surface area contributed by atoms with Crippen LogP contribution in [-0.2, 0) is 19.4 Å². The van der Waals surface area contributed by atoms with Crippen LogP contribution in [0.5, 0.6) is 5.75 Å². The van der Waals surface area contributed by atoms with Gasteiger partial charge < -0.3 is 10.1 Å². The summed E-state index contributed by atoms with van der Waals surface area (Å²) in [4.78, 5) is 19.7. The molecule has 7 heteroatoms. The molecule has 5 rings (SSSR count). The predicted octanol–water partition coefficient (Wildman–Crippen LogP) is 9.79. The number of halogens is 2. The van der Waals surface area contributed by atoms with E-state index in [1.54, 1.807) is 23.5 Å². The molecule has 1 aliphatic rings. The van der Waals surface area contributed by atoms with Gasteiger partial charge in [0.05, 0.1) is 5.56 Å². The fourth-order valence-corrected chi connectivity index (χ4v) is 6.55. The molecule has 1 amide bonds. The Labute approximate surface area is 250 Å². The zero-order valence-electron chi connectivity index (χ0n) is 22.8. The number of aliphatic imine (C=N–C) groups is 1. The van der Waals surface area contributed by atoms with E-state index in [-0.39, 0.29) is 11.3 Å². The van der Waals surface area contributed by atoms with E-state index >= 15 is 0 Å². The summed E-state index contributed by atoms with van der Waals surface area (Å²) < 4.78 is 5.91. The Morgan fingerprint density at radius 2 is 1.80 bits per heavy atom. The first-order valence-corrected chi connectivity index (χ1v) is 15.0. The average molecular weight is 592 g/mol. The summed E-state index contributed by atoms with van der Waals surface area (Å²) in [6.07, 6.45) is 4.73. The fourth-order valence-electron chi connectivity index (χ4n) is 4.94. The van der Waals surface area contributed by atoms with Gasteiger partial charge in [0, 0.05) is 26.8 Å². The Kier molecular flexibility index (Phi) is 8.65. The highest BCUT2D eigenvalue weighted by Crippen LogP contribution is 2.45. The normalized spacial score (nSPS) is 15.2. The molecular weight excluding hydrogens is 559 g/mol. The number of benzene rings is 3. The molecule has 3 aromatic carbocycles. The lowest BCUT2D eigenvalue weighted by Crippen LogP contribution is -2.27. The maximum atomic E-state index is 13.6. The first kappa shape index (κ1) is 28.4. The number of nitrogens with zero attached hydrogens (tertiary/aromatic N) is 1. The van der Waals surface area contributed by atoms with Crippen molar-refractivity contribution in [2.75, 3.05) is 5.32 Å². The van der Waals surface area contributed by atoms with Gasteiger partial charge in [-0.3, -0.25) is 4.79 Å². The summed E-state index contributed by atoms with van der Waals surface area (Å²) in [6, 6.07) is 22.6. The molecule has 0 bridgehead atoms. The minimum absolute atomic E-state index is 0.133. The van der Waals surface area contributed by atoms with Gasteiger partial charge in [0.15, 0.2) is 0 Å². The Morgan fingerprint density at radius 3 is 2.50 bits per heavy atom. The van der Waals surface area contributed by atoms with E-state index < -0.39 is 0 Å². The third kappa shape index (κ3) is 6.95. The van der Waals surface area contributed by atoms with Gasteiger partial charge in [-0.05, 0) is 108 Å². The van der Waals surface area contributed by atoms with Crippen molar-refractivity contribution in [2.24, 2.45) is 16.3 Å². The second-order valence-electron chi connectivity index (χ2n) is 11.2. The van der Waals surface area contributed by atoms with Crippen molar-refractivity contribution in [1.29, 1.82) is 0 Å². The predicted molar refractivity (Wildman–Crippen MR) is 168 cm³/mol. The number of hydrogen-bond acceptors (Lipinski definition) is 4. The molecule has 0 aliphatic heterocycles. The number of ether oxygens (including phenoxy) is 1. The van der Waals surface area contributed by atoms with Crippen LogP contribution in [0.4, 0.5) is 10.7 Å². The SMILES string of the molecule is CC(C)(C)[C@@H]1CCc2c(sc(N=Cc3ccc(OCc4cccc(Cl)c4)cc3)c2C(=O)Nc2ccc(Cl)cc2)C1. The lowest BCUT2D eigenvalue weighted by Gasteiger charge is -2.33. The number of anilines is 1. The van der Waals surface area contributed by atoms with Crippen LogP contribution in [-0.4, -0.2) is 12.1 Å². The van der Waals surface area contributed by atoms with E-state index in [1.165, 1.54) is 4.88 Å². The smallest absolute Gasteiger partial charge is 0.259 e. The zero-order chi connectivity index (χ0) is 28.3. The van der Waals surface area contributed by atoms with E-state index in [9.17, 15) is 4.79 Å². The van der Waals surface area contributed by atoms with Crippen molar-refractivity contribution < 1.29 is 9.53 Å². The molecule has 1 atom stereocenters. The van der Waals surface area contributed by atoms with Crippen LogP contribution in [0.3, 0.4) is 0 Å². The van der Waals surface area contributed by atoms with Crippen LogP contribution < -0.4 is 10.1 Å². The van der Waals surface area contributed by atoms with Gasteiger partial charge in [0.25, 0.3) is 5.91 Å². The minimum Gasteiger partial charge on any atom is -0.489 e. The van der Waals surface area contributed by atoms with Crippen molar-refractivity contribution >= 4 is 57.3 Å². The number of carbonyl (C=O) groups is 1. The fraction of sp³-hybridized carbons (Fsp3) is 0.273. The molecule has 40 heavy (non-hydrogen) atoms. The Balaban J connectivity index is 1.36. The molecule has 0 radical (unpaired) electrons. The van der Waals surface area contributed by atoms with E-state index in [0.717, 1.165) is 46.7 Å². The number of rotatable bonds is 7. The van der Waals surface area contributed by atoms with E-state index in [0.29, 0.717) is 33.8 Å². The summed E-state index contributed by atoms with van der Waals surface area (Å²) in [5.41, 5.74) is 4.68. The quantitative estimate of drug-likeness (QED) is 0.218. The van der Waals surface area contributed by atoms with Crippen molar-refractivity contribution in [3.8, 4) is 5.75 Å². The Bertz CT molecular complexity index is 1520. The zero-order valence-corrected chi connectivity index (χ0v) is 25.2. The molecule has 1 heterocycles. The van der Waals surface area contributed by atoms with Crippen LogP contribution in [0.2, 0.25) is 10.0 Å². The summed E-state index contributed by atoms with van der Waals surface area (Å²) in [5, 5.41) is 5.12. The molecule has 1 aromatic heterocycles. The Hall–Kier alpha value is -3.12. The van der Waals surface area contributed by atoms with E-state index in [2.05, 4.69) is 26.1 Å². The molecule has 1 N–H and O–H groups in total. The highest BCUT2D eigenvalue weighted by atomic mass is 35.5. The number of fused-ring (bicyclic) bond motifs is 1. The largest absolute Gasteiger partial charge is 0.489 e. The molecule has 1 aliphatic carbocycles. The molecule has 0 spiro atoms. The first-order chi connectivity index (χ1) is 19.2.